The molecule has 2 rings (SSSR count). The lowest BCUT2D eigenvalue weighted by Crippen LogP contribution is -2.03. The number of nitrogen functional groups attached to an aromatic ring is 2. The maximum atomic E-state index is 9.19. The monoisotopic (exact) mass is 257 g/mol. The summed E-state index contributed by atoms with van der Waals surface area (Å²) < 4.78 is 0. The number of hydrogen-bond donors (Lipinski definition) is 2. The van der Waals surface area contributed by atoms with E-state index in [9.17, 15) is 5.26 Å². The highest BCUT2D eigenvalue weighted by Crippen LogP contribution is 2.40. The molecule has 4 N–H and O–H groups in total. The van der Waals surface area contributed by atoms with Crippen LogP contribution >= 0.6 is 11.3 Å². The summed E-state index contributed by atoms with van der Waals surface area (Å²) in [5, 5.41) is 18.9. The molecule has 0 unspecified atom stereocenters. The second-order valence-electron chi connectivity index (χ2n) is 4.19. The Morgan fingerprint density at radius 1 is 1.22 bits per heavy atom. The van der Waals surface area contributed by atoms with E-state index in [0.717, 1.165) is 5.56 Å². The number of nitrogens with zero attached hydrogens (tertiary/aromatic N) is 3. The number of fused-ring (bicyclic) bond motifs is 1. The van der Waals surface area contributed by atoms with Gasteiger partial charge in [0.05, 0.1) is 11.3 Å². The van der Waals surface area contributed by atoms with Crippen LogP contribution in [-0.4, -0.2) is 4.98 Å². The number of nitrogens with two attached hydrogens (primary N) is 2. The second kappa shape index (κ2) is 4.17. The summed E-state index contributed by atoms with van der Waals surface area (Å²) in [6, 6.07) is 4.11. The molecule has 0 aliphatic carbocycles. The minimum atomic E-state index is 0.0795. The third-order valence-corrected chi connectivity index (χ3v) is 3.74. The first-order valence-corrected chi connectivity index (χ1v) is 6.14. The zero-order valence-electron chi connectivity index (χ0n) is 9.98. The van der Waals surface area contributed by atoms with Crippen LogP contribution in [0.5, 0.6) is 0 Å². The Balaban J connectivity index is 3.03. The molecule has 0 spiro atoms. The Bertz CT molecular complexity index is 715. The van der Waals surface area contributed by atoms with Gasteiger partial charge >= 0.3 is 0 Å². The molecule has 2 heterocycles. The van der Waals surface area contributed by atoms with Crippen LogP contribution in [0.2, 0.25) is 0 Å². The van der Waals surface area contributed by atoms with E-state index in [0.29, 0.717) is 26.3 Å². The first kappa shape index (κ1) is 12.2. The van der Waals surface area contributed by atoms with E-state index in [4.69, 9.17) is 16.7 Å². The molecule has 0 saturated heterocycles. The summed E-state index contributed by atoms with van der Waals surface area (Å²) in [5.74, 6) is 0.273. The van der Waals surface area contributed by atoms with Crippen LogP contribution in [0, 0.1) is 22.7 Å². The van der Waals surface area contributed by atoms with Gasteiger partial charge in [0.1, 0.15) is 27.7 Å². The van der Waals surface area contributed by atoms with Gasteiger partial charge in [-0.05, 0) is 11.5 Å². The van der Waals surface area contributed by atoms with Gasteiger partial charge in [0, 0.05) is 5.39 Å². The average Bonchev–Trinajstić information content (AvgIpc) is 2.63. The molecule has 18 heavy (non-hydrogen) atoms. The molecular formula is C12H11N5S. The number of pyridine rings is 1. The summed E-state index contributed by atoms with van der Waals surface area (Å²) >= 11 is 1.20. The molecule has 5 nitrogen and oxygen atoms in total. The van der Waals surface area contributed by atoms with Crippen LogP contribution in [0.4, 0.5) is 11.5 Å². The number of nitriles is 2. The molecule has 0 radical (unpaired) electrons. The van der Waals surface area contributed by atoms with Gasteiger partial charge in [0.2, 0.25) is 0 Å². The first-order valence-electron chi connectivity index (χ1n) is 5.32. The van der Waals surface area contributed by atoms with Crippen molar-refractivity contribution >= 4 is 33.1 Å². The van der Waals surface area contributed by atoms with Crippen LogP contribution in [0.1, 0.15) is 35.8 Å². The topological polar surface area (TPSA) is 113 Å². The molecular weight excluding hydrogens is 246 g/mol. The summed E-state index contributed by atoms with van der Waals surface area (Å²) in [4.78, 5) is 5.19. The normalized spacial score (nSPS) is 10.5. The van der Waals surface area contributed by atoms with Gasteiger partial charge in [0.25, 0.3) is 0 Å². The van der Waals surface area contributed by atoms with Crippen molar-refractivity contribution in [2.45, 2.75) is 19.8 Å². The van der Waals surface area contributed by atoms with Crippen LogP contribution in [0.25, 0.3) is 10.2 Å². The fourth-order valence-electron chi connectivity index (χ4n) is 1.98. The largest absolute Gasteiger partial charge is 0.396 e. The minimum Gasteiger partial charge on any atom is -0.396 e. The minimum absolute atomic E-state index is 0.0795. The highest BCUT2D eigenvalue weighted by molar-refractivity contribution is 7.19. The Kier molecular flexibility index (Phi) is 2.82. The lowest BCUT2D eigenvalue weighted by Gasteiger charge is -2.11. The molecule has 0 bridgehead atoms. The van der Waals surface area contributed by atoms with Crippen molar-refractivity contribution in [3.63, 3.8) is 0 Å². The van der Waals surface area contributed by atoms with E-state index >= 15 is 0 Å². The van der Waals surface area contributed by atoms with Crippen molar-refractivity contribution in [1.82, 2.24) is 4.98 Å². The molecule has 2 aromatic heterocycles. The quantitative estimate of drug-likeness (QED) is 0.814. The molecule has 90 valence electrons. The third kappa shape index (κ3) is 1.55. The van der Waals surface area contributed by atoms with E-state index in [-0.39, 0.29) is 11.7 Å². The highest BCUT2D eigenvalue weighted by Gasteiger charge is 2.21. The van der Waals surface area contributed by atoms with E-state index < -0.39 is 0 Å². The van der Waals surface area contributed by atoms with Crippen molar-refractivity contribution < 1.29 is 0 Å². The number of rotatable bonds is 1. The lowest BCUT2D eigenvalue weighted by atomic mass is 9.95. The van der Waals surface area contributed by atoms with Gasteiger partial charge < -0.3 is 11.5 Å². The van der Waals surface area contributed by atoms with Gasteiger partial charge in [0.15, 0.2) is 0 Å². The van der Waals surface area contributed by atoms with Gasteiger partial charge in [-0.3, -0.25) is 0 Å². The van der Waals surface area contributed by atoms with E-state index in [2.05, 4.69) is 11.1 Å². The number of aromatic nitrogens is 1. The zero-order chi connectivity index (χ0) is 13.4. The molecule has 0 amide bonds. The van der Waals surface area contributed by atoms with Crippen LogP contribution in [-0.2, 0) is 0 Å². The number of thiophene rings is 1. The standard InChI is InChI=1S/C12H11N5S/c1-5(2)8-6(3-13)11(16)17-12-9(8)10(15)7(4-14)18-12/h5H,15H2,1-2H3,(H2,16,17). The summed E-state index contributed by atoms with van der Waals surface area (Å²) in [7, 11) is 0. The Hall–Kier alpha value is -2.31. The molecule has 0 atom stereocenters. The van der Waals surface area contributed by atoms with Crippen molar-refractivity contribution in [1.29, 1.82) is 10.5 Å². The maximum absolute atomic E-state index is 9.19. The molecule has 6 heteroatoms. The Labute approximate surface area is 108 Å². The first-order chi connectivity index (χ1) is 8.51. The third-order valence-electron chi connectivity index (χ3n) is 2.73. The SMILES string of the molecule is CC(C)c1c(C#N)c(N)nc2sc(C#N)c(N)c12. The molecule has 0 aliphatic heterocycles. The molecule has 0 fully saturated rings. The maximum Gasteiger partial charge on any atom is 0.143 e. The molecule has 2 aromatic rings. The van der Waals surface area contributed by atoms with Crippen molar-refractivity contribution in [3.05, 3.63) is 16.0 Å². The molecule has 0 saturated carbocycles. The lowest BCUT2D eigenvalue weighted by molar-refractivity contribution is 0.872. The number of hydrogen-bond acceptors (Lipinski definition) is 6. The Morgan fingerprint density at radius 2 is 1.89 bits per heavy atom. The van der Waals surface area contributed by atoms with E-state index in [1.165, 1.54) is 11.3 Å². The van der Waals surface area contributed by atoms with Crippen molar-refractivity contribution in [2.75, 3.05) is 11.5 Å². The van der Waals surface area contributed by atoms with Gasteiger partial charge in [-0.1, -0.05) is 13.8 Å². The van der Waals surface area contributed by atoms with Gasteiger partial charge in [-0.25, -0.2) is 4.98 Å². The fourth-order valence-corrected chi connectivity index (χ4v) is 2.89. The van der Waals surface area contributed by atoms with Crippen LogP contribution < -0.4 is 11.5 Å². The molecule has 0 aliphatic rings. The predicted octanol–water partition coefficient (Wildman–Crippen LogP) is 2.33. The highest BCUT2D eigenvalue weighted by atomic mass is 32.1. The van der Waals surface area contributed by atoms with Gasteiger partial charge in [-0.2, -0.15) is 10.5 Å². The average molecular weight is 257 g/mol. The zero-order valence-corrected chi connectivity index (χ0v) is 10.8. The fraction of sp³-hybridized carbons (Fsp3) is 0.250. The van der Waals surface area contributed by atoms with E-state index in [1.807, 2.05) is 19.9 Å². The van der Waals surface area contributed by atoms with Crippen molar-refractivity contribution in [3.8, 4) is 12.1 Å². The summed E-state index contributed by atoms with van der Waals surface area (Å²) in [5.41, 5.74) is 13.3. The smallest absolute Gasteiger partial charge is 0.143 e. The van der Waals surface area contributed by atoms with Gasteiger partial charge in [-0.15, -0.1) is 11.3 Å². The number of anilines is 2. The van der Waals surface area contributed by atoms with Crippen LogP contribution in [0.3, 0.4) is 0 Å². The second-order valence-corrected chi connectivity index (χ2v) is 5.19. The molecule has 0 aromatic carbocycles. The van der Waals surface area contributed by atoms with Crippen molar-refractivity contribution in [2.24, 2.45) is 0 Å². The summed E-state index contributed by atoms with van der Waals surface area (Å²) in [6.07, 6.45) is 0. The summed E-state index contributed by atoms with van der Waals surface area (Å²) in [6.45, 7) is 3.91. The van der Waals surface area contributed by atoms with Crippen LogP contribution in [0.15, 0.2) is 0 Å². The predicted molar refractivity (Wildman–Crippen MR) is 72.0 cm³/mol. The van der Waals surface area contributed by atoms with E-state index in [1.54, 1.807) is 0 Å². The Morgan fingerprint density at radius 3 is 2.39 bits per heavy atom.